The highest BCUT2D eigenvalue weighted by Crippen LogP contribution is 2.32. The highest BCUT2D eigenvalue weighted by atomic mass is 79.9. The number of nitrogens with one attached hydrogen (secondary N) is 1. The van der Waals surface area contributed by atoms with Crippen molar-refractivity contribution in [3.8, 4) is 11.7 Å². The zero-order valence-corrected chi connectivity index (χ0v) is 20.2. The number of hydrogen-bond acceptors (Lipinski definition) is 8. The molecule has 0 unspecified atom stereocenters. The molecule has 3 aromatic heterocycles. The second-order valence-corrected chi connectivity index (χ2v) is 8.39. The Bertz CT molecular complexity index is 1290. The topological polar surface area (TPSA) is 124 Å². The fourth-order valence-corrected chi connectivity index (χ4v) is 3.92. The Morgan fingerprint density at radius 3 is 2.59 bits per heavy atom. The summed E-state index contributed by atoms with van der Waals surface area (Å²) in [5.41, 5.74) is -0.998. The second kappa shape index (κ2) is 9.79. The SMILES string of the molecule is CCn1c(CO)nn(-c2nc(O[C@@H](C)C(F)(F)F)c(C(=O)Nc3snc(C)c3Br)cc2F)c1=O. The number of aliphatic hydroxyl groups is 1. The van der Waals surface area contributed by atoms with Crippen molar-refractivity contribution in [3.63, 3.8) is 0 Å². The molecule has 3 rings (SSSR count). The van der Waals surface area contributed by atoms with Gasteiger partial charge in [-0.3, -0.25) is 9.36 Å². The van der Waals surface area contributed by atoms with Crippen LogP contribution in [0.3, 0.4) is 0 Å². The van der Waals surface area contributed by atoms with Crippen LogP contribution in [-0.2, 0) is 13.2 Å². The first kappa shape index (κ1) is 25.8. The molecule has 1 amide bonds. The molecule has 16 heteroatoms. The standard InChI is InChI=1S/C18H17BrF4N6O4S/c1-4-28-11(6-30)26-29(17(28)32)13-10(20)5-9(15(24-13)33-8(3)18(21,22)23)14(31)25-16-12(19)7(2)27-34-16/h5,8,30H,4,6H2,1-3H3,(H,25,31)/t8-/m0/s1. The van der Waals surface area contributed by atoms with E-state index in [1.165, 1.54) is 0 Å². The lowest BCUT2D eigenvalue weighted by molar-refractivity contribution is -0.190. The van der Waals surface area contributed by atoms with Crippen molar-refractivity contribution in [2.45, 2.75) is 46.2 Å². The number of nitrogens with zero attached hydrogens (tertiary/aromatic N) is 5. The van der Waals surface area contributed by atoms with E-state index in [0.717, 1.165) is 16.1 Å². The summed E-state index contributed by atoms with van der Waals surface area (Å²) in [6.45, 7) is 3.32. The van der Waals surface area contributed by atoms with Crippen molar-refractivity contribution in [3.05, 3.63) is 43.9 Å². The summed E-state index contributed by atoms with van der Waals surface area (Å²) < 4.78 is 65.2. The van der Waals surface area contributed by atoms with E-state index in [-0.39, 0.29) is 17.4 Å². The first-order chi connectivity index (χ1) is 15.9. The molecule has 3 heterocycles. The molecular weight excluding hydrogens is 552 g/mol. The van der Waals surface area contributed by atoms with E-state index in [0.29, 0.717) is 27.8 Å². The summed E-state index contributed by atoms with van der Waals surface area (Å²) in [7, 11) is 0. The van der Waals surface area contributed by atoms with Crippen LogP contribution >= 0.6 is 27.5 Å². The van der Waals surface area contributed by atoms with Crippen LogP contribution in [0.4, 0.5) is 22.6 Å². The van der Waals surface area contributed by atoms with Gasteiger partial charge in [0.2, 0.25) is 5.88 Å². The Morgan fingerprint density at radius 1 is 1.41 bits per heavy atom. The number of pyridine rings is 1. The molecule has 3 aromatic rings. The molecule has 10 nitrogen and oxygen atoms in total. The molecule has 0 aliphatic heterocycles. The van der Waals surface area contributed by atoms with E-state index in [4.69, 9.17) is 4.74 Å². The monoisotopic (exact) mass is 568 g/mol. The molecule has 0 saturated carbocycles. The number of anilines is 1. The minimum atomic E-state index is -4.83. The van der Waals surface area contributed by atoms with Crippen molar-refractivity contribution >= 4 is 38.4 Å². The number of amides is 1. The predicted octanol–water partition coefficient (Wildman–Crippen LogP) is 3.19. The van der Waals surface area contributed by atoms with Crippen LogP contribution in [0.15, 0.2) is 15.3 Å². The second-order valence-electron chi connectivity index (χ2n) is 6.83. The molecule has 0 aliphatic rings. The van der Waals surface area contributed by atoms with Crippen molar-refractivity contribution in [1.82, 2.24) is 23.7 Å². The maximum absolute atomic E-state index is 15.0. The van der Waals surface area contributed by atoms with Crippen LogP contribution < -0.4 is 15.7 Å². The third-order valence-electron chi connectivity index (χ3n) is 4.53. The average Bonchev–Trinajstić information content (AvgIpc) is 3.26. The summed E-state index contributed by atoms with van der Waals surface area (Å²) in [4.78, 5) is 29.1. The van der Waals surface area contributed by atoms with Gasteiger partial charge < -0.3 is 15.2 Å². The lowest BCUT2D eigenvalue weighted by atomic mass is 10.2. The third-order valence-corrected chi connectivity index (χ3v) is 6.62. The van der Waals surface area contributed by atoms with Gasteiger partial charge in [-0.1, -0.05) is 0 Å². The highest BCUT2D eigenvalue weighted by molar-refractivity contribution is 9.10. The van der Waals surface area contributed by atoms with Crippen LogP contribution in [0.1, 0.15) is 35.7 Å². The van der Waals surface area contributed by atoms with Gasteiger partial charge in [0.15, 0.2) is 23.6 Å². The summed E-state index contributed by atoms with van der Waals surface area (Å²) in [5, 5.41) is 15.8. The van der Waals surface area contributed by atoms with Crippen molar-refractivity contribution in [2.24, 2.45) is 0 Å². The minimum absolute atomic E-state index is 0.0778. The van der Waals surface area contributed by atoms with Crippen molar-refractivity contribution in [1.29, 1.82) is 0 Å². The first-order valence-corrected chi connectivity index (χ1v) is 11.1. The predicted molar refractivity (Wildman–Crippen MR) is 116 cm³/mol. The molecule has 0 aromatic carbocycles. The lowest BCUT2D eigenvalue weighted by Gasteiger charge is -2.19. The van der Waals surface area contributed by atoms with Gasteiger partial charge in [0.05, 0.1) is 10.2 Å². The molecule has 2 N–H and O–H groups in total. The molecule has 0 fully saturated rings. The summed E-state index contributed by atoms with van der Waals surface area (Å²) in [5.74, 6) is -4.05. The Labute approximate surface area is 201 Å². The first-order valence-electron chi connectivity index (χ1n) is 9.56. The maximum atomic E-state index is 15.0. The van der Waals surface area contributed by atoms with Gasteiger partial charge in [-0.25, -0.2) is 9.18 Å². The van der Waals surface area contributed by atoms with E-state index < -0.39 is 53.6 Å². The van der Waals surface area contributed by atoms with E-state index in [1.54, 1.807) is 13.8 Å². The van der Waals surface area contributed by atoms with Gasteiger partial charge in [0.1, 0.15) is 17.2 Å². The maximum Gasteiger partial charge on any atom is 0.425 e. The van der Waals surface area contributed by atoms with Gasteiger partial charge in [0, 0.05) is 6.54 Å². The molecule has 0 spiro atoms. The zero-order valence-electron chi connectivity index (χ0n) is 17.8. The number of carbonyl (C=O) groups is 1. The Morgan fingerprint density at radius 2 is 2.09 bits per heavy atom. The van der Waals surface area contributed by atoms with Gasteiger partial charge in [-0.2, -0.15) is 27.2 Å². The number of ether oxygens (including phenoxy) is 1. The van der Waals surface area contributed by atoms with Crippen LogP contribution in [0.5, 0.6) is 5.88 Å². The summed E-state index contributed by atoms with van der Waals surface area (Å²) >= 11 is 4.11. The van der Waals surface area contributed by atoms with Gasteiger partial charge >= 0.3 is 11.9 Å². The van der Waals surface area contributed by atoms with Crippen molar-refractivity contribution in [2.75, 3.05) is 5.32 Å². The van der Waals surface area contributed by atoms with E-state index in [1.807, 2.05) is 0 Å². The van der Waals surface area contributed by atoms with Gasteiger partial charge in [-0.05, 0) is 54.3 Å². The fraction of sp³-hybridized carbons (Fsp3) is 0.389. The van der Waals surface area contributed by atoms with Crippen LogP contribution in [0.25, 0.3) is 5.82 Å². The fourth-order valence-electron chi connectivity index (χ4n) is 2.71. The highest BCUT2D eigenvalue weighted by Gasteiger charge is 2.39. The number of halogens is 5. The Hall–Kier alpha value is -2.85. The molecule has 0 bridgehead atoms. The number of aryl methyl sites for hydroxylation is 1. The normalized spacial score (nSPS) is 12.6. The third kappa shape index (κ3) is 4.97. The minimum Gasteiger partial charge on any atom is -0.464 e. The number of hydrogen-bond donors (Lipinski definition) is 2. The number of rotatable bonds is 7. The number of alkyl halides is 3. The molecule has 0 aliphatic carbocycles. The lowest BCUT2D eigenvalue weighted by Crippen LogP contribution is -2.33. The molecule has 34 heavy (non-hydrogen) atoms. The van der Waals surface area contributed by atoms with Crippen LogP contribution in [0, 0.1) is 12.7 Å². The number of carbonyl (C=O) groups excluding carboxylic acids is 1. The quantitative estimate of drug-likeness (QED) is 0.419. The molecule has 0 radical (unpaired) electrons. The summed E-state index contributed by atoms with van der Waals surface area (Å²) in [6, 6.07) is 0.591. The molecule has 1 atom stereocenters. The smallest absolute Gasteiger partial charge is 0.425 e. The zero-order chi connectivity index (χ0) is 25.4. The van der Waals surface area contributed by atoms with Crippen LogP contribution in [0.2, 0.25) is 0 Å². The van der Waals surface area contributed by atoms with E-state index >= 15 is 0 Å². The average molecular weight is 569 g/mol. The molecule has 0 saturated heterocycles. The van der Waals surface area contributed by atoms with E-state index in [2.05, 4.69) is 35.7 Å². The molecule has 184 valence electrons. The largest absolute Gasteiger partial charge is 0.464 e. The Balaban J connectivity index is 2.14. The molecular formula is C18H17BrF4N6O4S. The number of aliphatic hydroxyl groups excluding tert-OH is 1. The van der Waals surface area contributed by atoms with Gasteiger partial charge in [0.25, 0.3) is 5.91 Å². The van der Waals surface area contributed by atoms with E-state index in [9.17, 15) is 32.3 Å². The Kier molecular flexibility index (Phi) is 7.42. The van der Waals surface area contributed by atoms with Crippen LogP contribution in [-0.4, -0.2) is 47.0 Å². The number of aromatic nitrogens is 5. The van der Waals surface area contributed by atoms with Gasteiger partial charge in [-0.15, -0.1) is 5.10 Å². The summed E-state index contributed by atoms with van der Waals surface area (Å²) in [6.07, 6.45) is -7.24. The van der Waals surface area contributed by atoms with Crippen molar-refractivity contribution < 1.29 is 32.2 Å².